The lowest BCUT2D eigenvalue weighted by Crippen LogP contribution is -3.17. The van der Waals surface area contributed by atoms with Gasteiger partial charge in [0.25, 0.3) is 11.8 Å². The van der Waals surface area contributed by atoms with Crippen molar-refractivity contribution in [3.05, 3.63) is 28.8 Å². The van der Waals surface area contributed by atoms with E-state index in [1.807, 2.05) is 41.5 Å². The van der Waals surface area contributed by atoms with Gasteiger partial charge < -0.3 is 15.5 Å². The number of benzene rings is 1. The molecule has 0 saturated carbocycles. The van der Waals surface area contributed by atoms with E-state index < -0.39 is 0 Å². The van der Waals surface area contributed by atoms with Gasteiger partial charge in [-0.05, 0) is 52.7 Å². The average molecular weight is 320 g/mol. The highest BCUT2D eigenvalue weighted by Gasteiger charge is 2.26. The van der Waals surface area contributed by atoms with Crippen molar-refractivity contribution in [3.8, 4) is 0 Å². The van der Waals surface area contributed by atoms with Crippen molar-refractivity contribution >= 4 is 17.5 Å². The molecule has 23 heavy (non-hydrogen) atoms. The number of quaternary nitrogens is 1. The summed E-state index contributed by atoms with van der Waals surface area (Å²) in [5, 5.41) is 5.82. The topological polar surface area (TPSA) is 62.6 Å². The van der Waals surface area contributed by atoms with E-state index in [0.717, 1.165) is 28.3 Å². The molecule has 0 fully saturated rings. The summed E-state index contributed by atoms with van der Waals surface area (Å²) in [6.45, 7) is 13.4. The zero-order valence-corrected chi connectivity index (χ0v) is 15.2. The Bertz CT molecular complexity index is 546. The van der Waals surface area contributed by atoms with E-state index in [2.05, 4.69) is 22.8 Å². The minimum absolute atomic E-state index is 0.0216. The number of rotatable bonds is 7. The summed E-state index contributed by atoms with van der Waals surface area (Å²) >= 11 is 0. The molecule has 0 aromatic heterocycles. The second-order valence-electron chi connectivity index (χ2n) is 6.13. The second kappa shape index (κ2) is 8.67. The summed E-state index contributed by atoms with van der Waals surface area (Å²) in [6.07, 6.45) is 0. The molecule has 0 heterocycles. The van der Waals surface area contributed by atoms with E-state index in [1.165, 1.54) is 5.56 Å². The van der Waals surface area contributed by atoms with Gasteiger partial charge in [-0.1, -0.05) is 17.7 Å². The van der Waals surface area contributed by atoms with Gasteiger partial charge in [0, 0.05) is 12.2 Å². The highest BCUT2D eigenvalue weighted by molar-refractivity contribution is 5.95. The Kier molecular flexibility index (Phi) is 7.23. The quantitative estimate of drug-likeness (QED) is 0.701. The first-order valence-electron chi connectivity index (χ1n) is 8.30. The molecular formula is C18H30N3O2+. The fraction of sp³-hybridized carbons (Fsp3) is 0.556. The van der Waals surface area contributed by atoms with Crippen LogP contribution in [0.3, 0.4) is 0 Å². The molecule has 1 rings (SSSR count). The monoisotopic (exact) mass is 320 g/mol. The summed E-state index contributed by atoms with van der Waals surface area (Å²) in [6, 6.07) is 3.83. The highest BCUT2D eigenvalue weighted by atomic mass is 16.2. The maximum Gasteiger partial charge on any atom is 0.282 e. The lowest BCUT2D eigenvalue weighted by atomic mass is 10.0. The molecule has 0 bridgehead atoms. The Morgan fingerprint density at radius 2 is 1.70 bits per heavy atom. The Labute approximate surface area is 139 Å². The highest BCUT2D eigenvalue weighted by Crippen LogP contribution is 2.21. The van der Waals surface area contributed by atoms with Crippen molar-refractivity contribution < 1.29 is 14.5 Å². The third-order valence-electron chi connectivity index (χ3n) is 4.15. The van der Waals surface area contributed by atoms with Gasteiger partial charge >= 0.3 is 0 Å². The number of aryl methyl sites for hydroxylation is 3. The fourth-order valence-electron chi connectivity index (χ4n) is 2.84. The summed E-state index contributed by atoms with van der Waals surface area (Å²) in [4.78, 5) is 25.3. The van der Waals surface area contributed by atoms with Crippen LogP contribution in [0.15, 0.2) is 12.1 Å². The molecule has 0 aliphatic rings. The van der Waals surface area contributed by atoms with Crippen molar-refractivity contribution in [1.29, 1.82) is 0 Å². The van der Waals surface area contributed by atoms with Crippen LogP contribution in [-0.4, -0.2) is 37.5 Å². The Morgan fingerprint density at radius 1 is 1.13 bits per heavy atom. The van der Waals surface area contributed by atoms with E-state index in [9.17, 15) is 9.59 Å². The van der Waals surface area contributed by atoms with Gasteiger partial charge in [0.2, 0.25) is 0 Å². The molecule has 5 heteroatoms. The number of carbonyl (C=O) groups excluding carboxylic acids is 2. The van der Waals surface area contributed by atoms with Crippen LogP contribution in [0.25, 0.3) is 0 Å². The van der Waals surface area contributed by atoms with Gasteiger partial charge in [0.1, 0.15) is 0 Å². The van der Waals surface area contributed by atoms with Gasteiger partial charge in [0.15, 0.2) is 12.6 Å². The lowest BCUT2D eigenvalue weighted by molar-refractivity contribution is -0.904. The Hall–Kier alpha value is -1.88. The van der Waals surface area contributed by atoms with Gasteiger partial charge in [-0.3, -0.25) is 9.59 Å². The standard InChI is InChI=1S/C18H29N3O2/c1-7-19-16(22)11-21(8-2)15(6)18(23)20-17-13(4)9-12(3)10-14(17)5/h9-10,15H,7-8,11H2,1-6H3,(H,19,22)(H,20,23)/p+1/t15-/m0/s1. The molecule has 0 spiro atoms. The second-order valence-corrected chi connectivity index (χ2v) is 6.13. The molecule has 1 aromatic rings. The smallest absolute Gasteiger partial charge is 0.282 e. The SMILES string of the molecule is CCNC(=O)C[NH+](CC)[C@@H](C)C(=O)Nc1c(C)cc(C)cc1C. The molecule has 1 unspecified atom stereocenters. The number of carbonyl (C=O) groups is 2. The van der Waals surface area contributed by atoms with E-state index >= 15 is 0 Å². The molecule has 2 amide bonds. The molecule has 0 aliphatic carbocycles. The number of hydrogen-bond donors (Lipinski definition) is 3. The average Bonchev–Trinajstić information content (AvgIpc) is 2.47. The van der Waals surface area contributed by atoms with Crippen LogP contribution in [0.4, 0.5) is 5.69 Å². The van der Waals surface area contributed by atoms with Crippen LogP contribution in [0.2, 0.25) is 0 Å². The summed E-state index contributed by atoms with van der Waals surface area (Å²) in [7, 11) is 0. The number of anilines is 1. The molecule has 0 radical (unpaired) electrons. The number of likely N-dealkylation sites (N-methyl/N-ethyl adjacent to an activating group) is 2. The largest absolute Gasteiger partial charge is 0.351 e. The van der Waals surface area contributed by atoms with Crippen molar-refractivity contribution in [2.24, 2.45) is 0 Å². The third-order valence-corrected chi connectivity index (χ3v) is 4.15. The fourth-order valence-corrected chi connectivity index (χ4v) is 2.84. The summed E-state index contributed by atoms with van der Waals surface area (Å²) in [5.74, 6) is -0.0760. The number of nitrogens with one attached hydrogen (secondary N) is 3. The predicted octanol–water partition coefficient (Wildman–Crippen LogP) is 0.980. The van der Waals surface area contributed by atoms with Gasteiger partial charge in [0.05, 0.1) is 6.54 Å². The lowest BCUT2D eigenvalue weighted by Gasteiger charge is -2.24. The summed E-state index contributed by atoms with van der Waals surface area (Å²) in [5.41, 5.74) is 4.18. The minimum atomic E-state index is -0.289. The predicted molar refractivity (Wildman–Crippen MR) is 93.8 cm³/mol. The van der Waals surface area contributed by atoms with Gasteiger partial charge in [-0.25, -0.2) is 0 Å². The van der Waals surface area contributed by atoms with Crippen LogP contribution in [0.5, 0.6) is 0 Å². The Balaban J connectivity index is 2.81. The maximum absolute atomic E-state index is 12.6. The normalized spacial score (nSPS) is 13.3. The third kappa shape index (κ3) is 5.36. The van der Waals surface area contributed by atoms with Crippen molar-refractivity contribution in [1.82, 2.24) is 5.32 Å². The molecule has 3 N–H and O–H groups in total. The minimum Gasteiger partial charge on any atom is -0.351 e. The van der Waals surface area contributed by atoms with Gasteiger partial charge in [-0.2, -0.15) is 0 Å². The molecule has 5 nitrogen and oxygen atoms in total. The van der Waals surface area contributed by atoms with E-state index in [1.54, 1.807) is 0 Å². The van der Waals surface area contributed by atoms with Gasteiger partial charge in [-0.15, -0.1) is 0 Å². The first kappa shape index (κ1) is 19.2. The molecular weight excluding hydrogens is 290 g/mol. The van der Waals surface area contributed by atoms with Crippen LogP contribution in [0.1, 0.15) is 37.5 Å². The molecule has 0 saturated heterocycles. The molecule has 128 valence electrons. The molecule has 1 aromatic carbocycles. The Morgan fingerprint density at radius 3 is 2.17 bits per heavy atom. The van der Waals surface area contributed by atoms with Crippen LogP contribution < -0.4 is 15.5 Å². The number of hydrogen-bond acceptors (Lipinski definition) is 2. The van der Waals surface area contributed by atoms with E-state index in [0.29, 0.717) is 13.1 Å². The number of amides is 2. The van der Waals surface area contributed by atoms with Crippen LogP contribution >= 0.6 is 0 Å². The zero-order valence-electron chi connectivity index (χ0n) is 15.2. The molecule has 2 atom stereocenters. The van der Waals surface area contributed by atoms with E-state index in [-0.39, 0.29) is 17.9 Å². The zero-order chi connectivity index (χ0) is 17.6. The first-order chi connectivity index (χ1) is 10.8. The van der Waals surface area contributed by atoms with Crippen molar-refractivity contribution in [3.63, 3.8) is 0 Å². The van der Waals surface area contributed by atoms with Crippen molar-refractivity contribution in [2.75, 3.05) is 25.0 Å². The summed E-state index contributed by atoms with van der Waals surface area (Å²) < 4.78 is 0. The first-order valence-corrected chi connectivity index (χ1v) is 8.30. The van der Waals surface area contributed by atoms with Crippen molar-refractivity contribution in [2.45, 2.75) is 47.6 Å². The van der Waals surface area contributed by atoms with E-state index in [4.69, 9.17) is 0 Å². The molecule has 0 aliphatic heterocycles. The van der Waals surface area contributed by atoms with Crippen LogP contribution in [-0.2, 0) is 9.59 Å². The van der Waals surface area contributed by atoms with Crippen LogP contribution in [0, 0.1) is 20.8 Å². The maximum atomic E-state index is 12.6.